The summed E-state index contributed by atoms with van der Waals surface area (Å²) >= 11 is 0. The molecule has 0 saturated carbocycles. The van der Waals surface area contributed by atoms with E-state index in [1.54, 1.807) is 0 Å². The van der Waals surface area contributed by atoms with Gasteiger partial charge in [-0.25, -0.2) is 0 Å². The summed E-state index contributed by atoms with van der Waals surface area (Å²) in [5.74, 6) is 0.280. The van der Waals surface area contributed by atoms with Crippen LogP contribution in [0.2, 0.25) is 0 Å². The maximum atomic E-state index is 11.2. The van der Waals surface area contributed by atoms with Crippen molar-refractivity contribution in [2.45, 2.75) is 31.7 Å². The van der Waals surface area contributed by atoms with Gasteiger partial charge < -0.3 is 18.7 Å². The van der Waals surface area contributed by atoms with Crippen LogP contribution in [0.15, 0.2) is 0 Å². The van der Waals surface area contributed by atoms with Crippen LogP contribution in [0.5, 0.6) is 0 Å². The van der Waals surface area contributed by atoms with Gasteiger partial charge in [-0.1, -0.05) is 0 Å². The van der Waals surface area contributed by atoms with Crippen LogP contribution >= 0.6 is 0 Å². The molecule has 1 aliphatic rings. The van der Waals surface area contributed by atoms with Gasteiger partial charge in [0.25, 0.3) is 0 Å². The molecular weight excluding hydrogens is 161 g/mol. The SMILES string of the molecule is [CH2-]CC(C[CH2-])N1CCCC1=O.[Na+]. The molecule has 1 heterocycles. The number of hydrogen-bond acceptors (Lipinski definition) is 1. The summed E-state index contributed by atoms with van der Waals surface area (Å²) < 4.78 is 0. The van der Waals surface area contributed by atoms with E-state index in [0.717, 1.165) is 32.2 Å². The Bertz CT molecular complexity index is 145. The van der Waals surface area contributed by atoms with E-state index >= 15 is 0 Å². The monoisotopic (exact) mass is 176 g/mol. The van der Waals surface area contributed by atoms with Crippen molar-refractivity contribution in [3.63, 3.8) is 0 Å². The molecule has 0 unspecified atom stereocenters. The van der Waals surface area contributed by atoms with Gasteiger partial charge in [-0.2, -0.15) is 12.8 Å². The maximum absolute atomic E-state index is 11.2. The zero-order chi connectivity index (χ0) is 8.27. The Balaban J connectivity index is 0.00000121. The Morgan fingerprint density at radius 1 is 1.42 bits per heavy atom. The quantitative estimate of drug-likeness (QED) is 0.376. The third kappa shape index (κ3) is 2.75. The number of rotatable bonds is 3. The summed E-state index contributed by atoms with van der Waals surface area (Å²) in [6.07, 6.45) is 3.30. The van der Waals surface area contributed by atoms with Crippen LogP contribution in [0.25, 0.3) is 0 Å². The molecule has 12 heavy (non-hydrogen) atoms. The van der Waals surface area contributed by atoms with E-state index in [2.05, 4.69) is 13.8 Å². The molecule has 1 amide bonds. The largest absolute Gasteiger partial charge is 1.00 e. The first-order chi connectivity index (χ1) is 5.29. The van der Waals surface area contributed by atoms with Crippen molar-refractivity contribution >= 4 is 5.91 Å². The van der Waals surface area contributed by atoms with Crippen molar-refractivity contribution in [1.82, 2.24) is 4.90 Å². The fraction of sp³-hybridized carbons (Fsp3) is 0.667. The van der Waals surface area contributed by atoms with Gasteiger partial charge in [-0.05, 0) is 12.5 Å². The second-order valence-corrected chi connectivity index (χ2v) is 2.92. The van der Waals surface area contributed by atoms with Gasteiger partial charge in [0.1, 0.15) is 0 Å². The van der Waals surface area contributed by atoms with E-state index in [1.165, 1.54) is 0 Å². The van der Waals surface area contributed by atoms with Crippen molar-refractivity contribution in [2.24, 2.45) is 0 Å². The molecule has 1 fully saturated rings. The van der Waals surface area contributed by atoms with Crippen molar-refractivity contribution in [2.75, 3.05) is 6.54 Å². The minimum absolute atomic E-state index is 0. The van der Waals surface area contributed by atoms with Crippen molar-refractivity contribution in [1.29, 1.82) is 0 Å². The molecule has 1 aliphatic heterocycles. The number of carbonyl (C=O) groups is 1. The minimum atomic E-state index is 0. The molecule has 0 aliphatic carbocycles. The third-order valence-corrected chi connectivity index (χ3v) is 2.22. The van der Waals surface area contributed by atoms with E-state index in [9.17, 15) is 4.79 Å². The standard InChI is InChI=1S/C9H15NO.Na/c1-3-8(4-2)10-7-5-6-9(10)11;/h8H,1-7H2;/q-2;+1. The summed E-state index contributed by atoms with van der Waals surface area (Å²) in [6, 6.07) is 0.282. The van der Waals surface area contributed by atoms with Crippen molar-refractivity contribution in [3.8, 4) is 0 Å². The third-order valence-electron chi connectivity index (χ3n) is 2.22. The summed E-state index contributed by atoms with van der Waals surface area (Å²) in [4.78, 5) is 13.1. The Kier molecular flexibility index (Phi) is 6.24. The number of carbonyl (C=O) groups excluding carboxylic acids is 1. The number of amides is 1. The first-order valence-electron chi connectivity index (χ1n) is 4.17. The Morgan fingerprint density at radius 2 is 2.00 bits per heavy atom. The van der Waals surface area contributed by atoms with Gasteiger partial charge >= 0.3 is 29.6 Å². The topological polar surface area (TPSA) is 20.3 Å². The molecule has 0 atom stereocenters. The molecular formula is C9H15NNaO-. The average Bonchev–Trinajstić information content (AvgIpc) is 2.40. The average molecular weight is 176 g/mol. The molecule has 0 radical (unpaired) electrons. The van der Waals surface area contributed by atoms with E-state index in [-0.39, 0.29) is 41.5 Å². The summed E-state index contributed by atoms with van der Waals surface area (Å²) in [5.41, 5.74) is 0. The zero-order valence-electron chi connectivity index (χ0n) is 7.88. The van der Waals surface area contributed by atoms with Crippen molar-refractivity contribution in [3.05, 3.63) is 13.8 Å². The van der Waals surface area contributed by atoms with Crippen LogP contribution in [-0.4, -0.2) is 23.4 Å². The normalized spacial score (nSPS) is 16.9. The van der Waals surface area contributed by atoms with Crippen LogP contribution in [0.1, 0.15) is 25.7 Å². The summed E-state index contributed by atoms with van der Waals surface area (Å²) in [6.45, 7) is 8.52. The molecule has 1 saturated heterocycles. The minimum Gasteiger partial charge on any atom is -0.345 e. The molecule has 0 bridgehead atoms. The molecule has 64 valence electrons. The second-order valence-electron chi connectivity index (χ2n) is 2.92. The first-order valence-corrected chi connectivity index (χ1v) is 4.17. The van der Waals surface area contributed by atoms with Crippen LogP contribution < -0.4 is 29.6 Å². The molecule has 0 aromatic heterocycles. The smallest absolute Gasteiger partial charge is 0.345 e. The summed E-state index contributed by atoms with van der Waals surface area (Å²) in [7, 11) is 0. The Labute approximate surface area is 97.0 Å². The Morgan fingerprint density at radius 3 is 2.33 bits per heavy atom. The Hall–Kier alpha value is 0.470. The van der Waals surface area contributed by atoms with Gasteiger partial charge in [0, 0.05) is 13.0 Å². The van der Waals surface area contributed by atoms with Gasteiger partial charge in [0.05, 0.1) is 0 Å². The number of likely N-dealkylation sites (tertiary alicyclic amines) is 1. The van der Waals surface area contributed by atoms with E-state index in [4.69, 9.17) is 0 Å². The molecule has 0 spiro atoms. The van der Waals surface area contributed by atoms with E-state index < -0.39 is 0 Å². The fourth-order valence-corrected chi connectivity index (χ4v) is 1.51. The molecule has 2 nitrogen and oxygen atoms in total. The van der Waals surface area contributed by atoms with Gasteiger partial charge in [0.2, 0.25) is 5.91 Å². The summed E-state index contributed by atoms with van der Waals surface area (Å²) in [5, 5.41) is 0. The fourth-order valence-electron chi connectivity index (χ4n) is 1.51. The van der Waals surface area contributed by atoms with E-state index in [1.807, 2.05) is 4.90 Å². The predicted molar refractivity (Wildman–Crippen MR) is 44.7 cm³/mol. The van der Waals surface area contributed by atoms with Crippen molar-refractivity contribution < 1.29 is 34.4 Å². The molecule has 1 rings (SSSR count). The first kappa shape index (κ1) is 12.5. The van der Waals surface area contributed by atoms with Crippen LogP contribution in [0.3, 0.4) is 0 Å². The maximum Gasteiger partial charge on any atom is 1.00 e. The molecule has 3 heteroatoms. The molecule has 0 aromatic carbocycles. The molecule has 0 N–H and O–H groups in total. The zero-order valence-corrected chi connectivity index (χ0v) is 9.88. The van der Waals surface area contributed by atoms with Crippen LogP contribution in [-0.2, 0) is 4.79 Å². The number of nitrogens with zero attached hydrogens (tertiary/aromatic N) is 1. The van der Waals surface area contributed by atoms with Gasteiger partial charge in [0.15, 0.2) is 0 Å². The molecule has 0 aromatic rings. The van der Waals surface area contributed by atoms with Gasteiger partial charge in [-0.15, -0.1) is 0 Å². The number of hydrogen-bond donors (Lipinski definition) is 0. The predicted octanol–water partition coefficient (Wildman–Crippen LogP) is -1.57. The van der Waals surface area contributed by atoms with Gasteiger partial charge in [-0.3, -0.25) is 4.79 Å². The van der Waals surface area contributed by atoms with E-state index in [0.29, 0.717) is 0 Å². The van der Waals surface area contributed by atoms with Crippen LogP contribution in [0.4, 0.5) is 0 Å². The second kappa shape index (κ2) is 6.01. The van der Waals surface area contributed by atoms with Crippen LogP contribution in [0, 0.1) is 13.8 Å².